The molecule has 2 N–H and O–H groups in total. The maximum atomic E-state index is 12.0. The first-order valence-electron chi connectivity index (χ1n) is 12.0. The lowest BCUT2D eigenvalue weighted by atomic mass is 9.96. The van der Waals surface area contributed by atoms with E-state index in [-0.39, 0.29) is 18.3 Å². The SMILES string of the molecule is CCCC[C@@H](C)C[C@H](O)/C=C/[C@H]1CCC(OC(=O)CCC)=C1SCCCCCC(=O)O. The normalized spacial score (nSPS) is 18.5. The summed E-state index contributed by atoms with van der Waals surface area (Å²) >= 11 is 1.72. The second kappa shape index (κ2) is 16.4. The minimum absolute atomic E-state index is 0.175. The van der Waals surface area contributed by atoms with E-state index < -0.39 is 12.1 Å². The van der Waals surface area contributed by atoms with E-state index >= 15 is 0 Å². The third kappa shape index (κ3) is 12.4. The third-order valence-corrected chi connectivity index (χ3v) is 6.87. The number of carbonyl (C=O) groups is 2. The number of unbranched alkanes of at least 4 members (excludes halogenated alkanes) is 3. The Morgan fingerprint density at radius 3 is 2.61 bits per heavy atom. The van der Waals surface area contributed by atoms with Crippen molar-refractivity contribution >= 4 is 23.7 Å². The molecule has 0 saturated heterocycles. The molecule has 0 spiro atoms. The number of thioether (sulfide) groups is 1. The Balaban J connectivity index is 2.66. The van der Waals surface area contributed by atoms with Gasteiger partial charge in [0.15, 0.2) is 0 Å². The molecule has 1 aliphatic carbocycles. The summed E-state index contributed by atoms with van der Waals surface area (Å²) in [6.07, 6.45) is 13.4. The molecule has 0 heterocycles. The van der Waals surface area contributed by atoms with E-state index in [4.69, 9.17) is 9.84 Å². The lowest BCUT2D eigenvalue weighted by molar-refractivity contribution is -0.140. The molecule has 0 radical (unpaired) electrons. The van der Waals surface area contributed by atoms with Crippen molar-refractivity contribution in [1.29, 1.82) is 0 Å². The number of aliphatic hydroxyl groups is 1. The Bertz CT molecular complexity index is 599. The van der Waals surface area contributed by atoms with Crippen LogP contribution in [0.4, 0.5) is 0 Å². The van der Waals surface area contributed by atoms with E-state index in [1.807, 2.05) is 13.0 Å². The standard InChI is InChI=1S/C25H42O5S/c1-4-6-11-19(3)18-21(26)15-13-20-14-16-22(30-24(29)10-5-2)25(20)31-17-9-7-8-12-23(27)28/h13,15,19-21,26H,4-12,14,16-18H2,1-3H3,(H,27,28)/b15-13+/t19-,20+,21-/m1/s1. The van der Waals surface area contributed by atoms with Crippen molar-refractivity contribution in [3.05, 3.63) is 22.8 Å². The van der Waals surface area contributed by atoms with Crippen LogP contribution < -0.4 is 0 Å². The maximum Gasteiger partial charge on any atom is 0.310 e. The molecule has 0 amide bonds. The van der Waals surface area contributed by atoms with Gasteiger partial charge in [0.05, 0.1) is 6.10 Å². The van der Waals surface area contributed by atoms with Gasteiger partial charge in [-0.05, 0) is 43.8 Å². The molecular formula is C25H42O5S. The molecule has 0 aromatic rings. The number of esters is 1. The molecule has 6 heteroatoms. The van der Waals surface area contributed by atoms with E-state index in [1.54, 1.807) is 11.8 Å². The zero-order valence-electron chi connectivity index (χ0n) is 19.6. The number of hydrogen-bond donors (Lipinski definition) is 2. The van der Waals surface area contributed by atoms with E-state index in [2.05, 4.69) is 19.9 Å². The average molecular weight is 455 g/mol. The number of allylic oxidation sites excluding steroid dienone is 3. The number of carboxylic acids is 1. The molecule has 1 rings (SSSR count). The predicted octanol–water partition coefficient (Wildman–Crippen LogP) is 6.46. The van der Waals surface area contributed by atoms with Crippen LogP contribution >= 0.6 is 11.8 Å². The van der Waals surface area contributed by atoms with Gasteiger partial charge in [-0.2, -0.15) is 0 Å². The Kier molecular flexibility index (Phi) is 14.7. The number of ether oxygens (including phenoxy) is 1. The summed E-state index contributed by atoms with van der Waals surface area (Å²) in [5, 5.41) is 19.2. The summed E-state index contributed by atoms with van der Waals surface area (Å²) in [5.41, 5.74) is 0. The fourth-order valence-electron chi connectivity index (χ4n) is 3.77. The fraction of sp³-hybridized carbons (Fsp3) is 0.760. The highest BCUT2D eigenvalue weighted by atomic mass is 32.2. The van der Waals surface area contributed by atoms with Gasteiger partial charge >= 0.3 is 11.9 Å². The topological polar surface area (TPSA) is 83.8 Å². The molecule has 0 aromatic heterocycles. The number of carbonyl (C=O) groups excluding carboxylic acids is 1. The quantitative estimate of drug-likeness (QED) is 0.149. The van der Waals surface area contributed by atoms with Gasteiger partial charge in [0, 0.05) is 30.1 Å². The zero-order chi connectivity index (χ0) is 23.1. The molecule has 3 atom stereocenters. The molecule has 0 aliphatic heterocycles. The fourth-order valence-corrected chi connectivity index (χ4v) is 5.06. The number of hydrogen-bond acceptors (Lipinski definition) is 5. The van der Waals surface area contributed by atoms with Crippen LogP contribution in [0.1, 0.15) is 97.8 Å². The molecule has 5 nitrogen and oxygen atoms in total. The van der Waals surface area contributed by atoms with Gasteiger partial charge in [0.2, 0.25) is 0 Å². The molecule has 0 saturated carbocycles. The molecule has 0 unspecified atom stereocenters. The van der Waals surface area contributed by atoms with Crippen molar-refractivity contribution in [2.75, 3.05) is 5.75 Å². The Hall–Kier alpha value is -1.27. The van der Waals surface area contributed by atoms with E-state index in [1.165, 1.54) is 12.8 Å². The number of carboxylic acid groups (broad SMARTS) is 1. The maximum absolute atomic E-state index is 12.0. The predicted molar refractivity (Wildman–Crippen MR) is 128 cm³/mol. The largest absolute Gasteiger partial charge is 0.481 e. The summed E-state index contributed by atoms with van der Waals surface area (Å²) in [6.45, 7) is 6.34. The minimum atomic E-state index is -0.746. The summed E-state index contributed by atoms with van der Waals surface area (Å²) in [4.78, 5) is 23.8. The Morgan fingerprint density at radius 1 is 1.16 bits per heavy atom. The monoisotopic (exact) mass is 454 g/mol. The second-order valence-corrected chi connectivity index (χ2v) is 9.78. The van der Waals surface area contributed by atoms with Crippen LogP contribution in [0.2, 0.25) is 0 Å². The molecule has 31 heavy (non-hydrogen) atoms. The summed E-state index contributed by atoms with van der Waals surface area (Å²) in [6, 6.07) is 0. The van der Waals surface area contributed by atoms with Crippen molar-refractivity contribution in [3.8, 4) is 0 Å². The third-order valence-electron chi connectivity index (χ3n) is 5.54. The van der Waals surface area contributed by atoms with E-state index in [9.17, 15) is 14.7 Å². The van der Waals surface area contributed by atoms with Gasteiger partial charge in [-0.3, -0.25) is 9.59 Å². The van der Waals surface area contributed by atoms with Crippen LogP contribution in [-0.4, -0.2) is 34.0 Å². The van der Waals surface area contributed by atoms with Crippen LogP contribution in [-0.2, 0) is 14.3 Å². The average Bonchev–Trinajstić information content (AvgIpc) is 3.08. The zero-order valence-corrected chi connectivity index (χ0v) is 20.4. The smallest absolute Gasteiger partial charge is 0.310 e. The summed E-state index contributed by atoms with van der Waals surface area (Å²) in [5.74, 6) is 1.42. The molecule has 1 aliphatic rings. The van der Waals surface area contributed by atoms with Crippen molar-refractivity contribution in [3.63, 3.8) is 0 Å². The Labute approximate surface area is 192 Å². The molecule has 0 aromatic carbocycles. The molecule has 0 bridgehead atoms. The van der Waals surface area contributed by atoms with Crippen molar-refractivity contribution < 1.29 is 24.5 Å². The first-order valence-corrected chi connectivity index (χ1v) is 13.0. The summed E-state index contributed by atoms with van der Waals surface area (Å²) in [7, 11) is 0. The Morgan fingerprint density at radius 2 is 1.94 bits per heavy atom. The number of aliphatic hydroxyl groups excluding tert-OH is 1. The van der Waals surface area contributed by atoms with Crippen LogP contribution in [0.5, 0.6) is 0 Å². The number of rotatable bonds is 17. The van der Waals surface area contributed by atoms with Gasteiger partial charge in [-0.1, -0.05) is 58.6 Å². The van der Waals surface area contributed by atoms with E-state index in [0.717, 1.165) is 61.4 Å². The molecular weight excluding hydrogens is 412 g/mol. The lowest BCUT2D eigenvalue weighted by Crippen LogP contribution is -2.09. The molecule has 0 fully saturated rings. The van der Waals surface area contributed by atoms with Crippen LogP contribution in [0.15, 0.2) is 22.8 Å². The highest BCUT2D eigenvalue weighted by Crippen LogP contribution is 2.41. The van der Waals surface area contributed by atoms with Gasteiger partial charge in [-0.15, -0.1) is 11.8 Å². The second-order valence-electron chi connectivity index (χ2n) is 8.64. The highest BCUT2D eigenvalue weighted by molar-refractivity contribution is 8.03. The van der Waals surface area contributed by atoms with Crippen LogP contribution in [0.3, 0.4) is 0 Å². The first-order chi connectivity index (χ1) is 14.9. The van der Waals surface area contributed by atoms with Crippen LogP contribution in [0, 0.1) is 11.8 Å². The highest BCUT2D eigenvalue weighted by Gasteiger charge is 2.27. The van der Waals surface area contributed by atoms with E-state index in [0.29, 0.717) is 18.8 Å². The first kappa shape index (κ1) is 27.8. The summed E-state index contributed by atoms with van der Waals surface area (Å²) < 4.78 is 5.67. The van der Waals surface area contributed by atoms with Crippen LogP contribution in [0.25, 0.3) is 0 Å². The van der Waals surface area contributed by atoms with Gasteiger partial charge < -0.3 is 14.9 Å². The minimum Gasteiger partial charge on any atom is -0.481 e. The number of aliphatic carboxylic acids is 1. The van der Waals surface area contributed by atoms with Crippen molar-refractivity contribution in [2.45, 2.75) is 104 Å². The van der Waals surface area contributed by atoms with Gasteiger partial charge in [0.25, 0.3) is 0 Å². The van der Waals surface area contributed by atoms with Crippen molar-refractivity contribution in [2.24, 2.45) is 11.8 Å². The van der Waals surface area contributed by atoms with Crippen molar-refractivity contribution in [1.82, 2.24) is 0 Å². The van der Waals surface area contributed by atoms with Gasteiger partial charge in [-0.25, -0.2) is 0 Å². The molecule has 178 valence electrons. The van der Waals surface area contributed by atoms with Gasteiger partial charge in [0.1, 0.15) is 5.76 Å². The lowest BCUT2D eigenvalue weighted by Gasteiger charge is -2.15.